The van der Waals surface area contributed by atoms with Crippen LogP contribution in [0.4, 0.5) is 0 Å². The number of piperidine rings is 1. The highest BCUT2D eigenvalue weighted by molar-refractivity contribution is 5.14. The average Bonchev–Trinajstić information content (AvgIpc) is 1.88. The molecule has 1 saturated heterocycles. The van der Waals surface area contributed by atoms with Crippen molar-refractivity contribution in [3.63, 3.8) is 0 Å². The van der Waals surface area contributed by atoms with Gasteiger partial charge in [0.25, 0.3) is 0 Å². The Kier molecular flexibility index (Phi) is 2.50. The molecule has 0 amide bonds. The van der Waals surface area contributed by atoms with E-state index in [0.29, 0.717) is 6.04 Å². The first-order chi connectivity index (χ1) is 4.75. The predicted octanol–water partition coefficient (Wildman–Crippen LogP) is 1.95. The van der Waals surface area contributed by atoms with Crippen LogP contribution in [0.1, 0.15) is 27.2 Å². The molecule has 2 unspecified atom stereocenters. The van der Waals surface area contributed by atoms with Gasteiger partial charge in [0.15, 0.2) is 0 Å². The third kappa shape index (κ3) is 1.40. The summed E-state index contributed by atoms with van der Waals surface area (Å²) >= 11 is 0. The molecule has 0 aromatic carbocycles. The third-order valence-corrected chi connectivity index (χ3v) is 2.43. The van der Waals surface area contributed by atoms with E-state index >= 15 is 0 Å². The zero-order valence-corrected chi connectivity index (χ0v) is 7.15. The van der Waals surface area contributed by atoms with Crippen LogP contribution >= 0.6 is 0 Å². The summed E-state index contributed by atoms with van der Waals surface area (Å²) in [6.07, 6.45) is 3.55. The molecule has 1 fully saturated rings. The van der Waals surface area contributed by atoms with Gasteiger partial charge in [-0.3, -0.25) is 0 Å². The molecular formula is C9H17N. The highest BCUT2D eigenvalue weighted by Crippen LogP contribution is 2.21. The minimum atomic E-state index is 0.605. The average molecular weight is 139 g/mol. The Bertz CT molecular complexity index is 126. The topological polar surface area (TPSA) is 12.0 Å². The molecule has 2 atom stereocenters. The molecule has 1 aliphatic rings. The van der Waals surface area contributed by atoms with Gasteiger partial charge in [-0.1, -0.05) is 18.6 Å². The lowest BCUT2D eigenvalue weighted by atomic mass is 9.89. The molecule has 1 heterocycles. The van der Waals surface area contributed by atoms with Crippen molar-refractivity contribution in [2.45, 2.75) is 33.2 Å². The van der Waals surface area contributed by atoms with E-state index in [-0.39, 0.29) is 0 Å². The minimum absolute atomic E-state index is 0.605. The standard InChI is InChI=1S/C9H17N/c1-4-9-7(2)5-6-10-8(9)3/h4,7-8,10H,5-6H2,1-3H3/b9-4-. The van der Waals surface area contributed by atoms with Gasteiger partial charge < -0.3 is 5.32 Å². The zero-order valence-electron chi connectivity index (χ0n) is 7.15. The lowest BCUT2D eigenvalue weighted by Gasteiger charge is -2.29. The Balaban J connectivity index is 2.63. The molecule has 1 nitrogen and oxygen atoms in total. The summed E-state index contributed by atoms with van der Waals surface area (Å²) < 4.78 is 0. The van der Waals surface area contributed by atoms with Crippen LogP contribution in [-0.2, 0) is 0 Å². The maximum atomic E-state index is 3.45. The fraction of sp³-hybridized carbons (Fsp3) is 0.778. The molecule has 1 rings (SSSR count). The molecule has 1 heteroatoms. The number of nitrogens with one attached hydrogen (secondary N) is 1. The van der Waals surface area contributed by atoms with Crippen LogP contribution in [0.15, 0.2) is 11.6 Å². The monoisotopic (exact) mass is 139 g/mol. The van der Waals surface area contributed by atoms with E-state index in [1.807, 2.05) is 0 Å². The van der Waals surface area contributed by atoms with Crippen molar-refractivity contribution in [3.8, 4) is 0 Å². The van der Waals surface area contributed by atoms with Crippen LogP contribution < -0.4 is 5.32 Å². The second-order valence-electron chi connectivity index (χ2n) is 3.15. The Morgan fingerprint density at radius 3 is 2.60 bits per heavy atom. The van der Waals surface area contributed by atoms with Crippen LogP contribution in [0.2, 0.25) is 0 Å². The van der Waals surface area contributed by atoms with Crippen LogP contribution in [0.5, 0.6) is 0 Å². The number of hydrogen-bond donors (Lipinski definition) is 1. The van der Waals surface area contributed by atoms with Crippen molar-refractivity contribution >= 4 is 0 Å². The van der Waals surface area contributed by atoms with E-state index in [1.165, 1.54) is 13.0 Å². The molecule has 0 saturated carbocycles. The van der Waals surface area contributed by atoms with Gasteiger partial charge in [-0.2, -0.15) is 0 Å². The summed E-state index contributed by atoms with van der Waals surface area (Å²) in [5.41, 5.74) is 1.58. The van der Waals surface area contributed by atoms with Crippen molar-refractivity contribution in [2.75, 3.05) is 6.54 Å². The van der Waals surface area contributed by atoms with Crippen molar-refractivity contribution in [1.82, 2.24) is 5.32 Å². The third-order valence-electron chi connectivity index (χ3n) is 2.43. The minimum Gasteiger partial charge on any atom is -0.310 e. The summed E-state index contributed by atoms with van der Waals surface area (Å²) in [7, 11) is 0. The molecule has 0 aliphatic carbocycles. The quantitative estimate of drug-likeness (QED) is 0.506. The molecule has 0 spiro atoms. The Morgan fingerprint density at radius 1 is 1.50 bits per heavy atom. The zero-order chi connectivity index (χ0) is 7.56. The van der Waals surface area contributed by atoms with E-state index in [2.05, 4.69) is 32.2 Å². The van der Waals surface area contributed by atoms with Crippen molar-refractivity contribution in [2.24, 2.45) is 5.92 Å². The second kappa shape index (κ2) is 3.20. The van der Waals surface area contributed by atoms with E-state index in [1.54, 1.807) is 5.57 Å². The van der Waals surface area contributed by atoms with Gasteiger partial charge in [-0.05, 0) is 32.7 Å². The molecule has 10 heavy (non-hydrogen) atoms. The first kappa shape index (κ1) is 7.80. The molecule has 0 aromatic heterocycles. The van der Waals surface area contributed by atoms with Crippen molar-refractivity contribution < 1.29 is 0 Å². The summed E-state index contributed by atoms with van der Waals surface area (Å²) in [5.74, 6) is 0.793. The van der Waals surface area contributed by atoms with Crippen molar-refractivity contribution in [3.05, 3.63) is 11.6 Å². The van der Waals surface area contributed by atoms with Gasteiger partial charge in [0.1, 0.15) is 0 Å². The number of rotatable bonds is 0. The van der Waals surface area contributed by atoms with Crippen LogP contribution in [0, 0.1) is 5.92 Å². The second-order valence-corrected chi connectivity index (χ2v) is 3.15. The van der Waals surface area contributed by atoms with E-state index in [0.717, 1.165) is 5.92 Å². The van der Waals surface area contributed by atoms with Crippen LogP contribution in [0.25, 0.3) is 0 Å². The summed E-state index contributed by atoms with van der Waals surface area (Å²) in [6, 6.07) is 0.605. The summed E-state index contributed by atoms with van der Waals surface area (Å²) in [5, 5.41) is 3.45. The Morgan fingerprint density at radius 2 is 2.20 bits per heavy atom. The fourth-order valence-electron chi connectivity index (χ4n) is 1.76. The highest BCUT2D eigenvalue weighted by atomic mass is 14.9. The smallest absolute Gasteiger partial charge is 0.0253 e. The summed E-state index contributed by atoms with van der Waals surface area (Å²) in [6.45, 7) is 7.87. The van der Waals surface area contributed by atoms with Gasteiger partial charge in [0.05, 0.1) is 0 Å². The normalized spacial score (nSPS) is 38.5. The lowest BCUT2D eigenvalue weighted by Crippen LogP contribution is -2.37. The van der Waals surface area contributed by atoms with E-state index < -0.39 is 0 Å². The van der Waals surface area contributed by atoms with E-state index in [9.17, 15) is 0 Å². The van der Waals surface area contributed by atoms with Gasteiger partial charge >= 0.3 is 0 Å². The molecule has 1 aliphatic heterocycles. The molecule has 0 radical (unpaired) electrons. The van der Waals surface area contributed by atoms with Gasteiger partial charge in [-0.15, -0.1) is 0 Å². The maximum Gasteiger partial charge on any atom is 0.0253 e. The van der Waals surface area contributed by atoms with Gasteiger partial charge in [0, 0.05) is 6.04 Å². The fourth-order valence-corrected chi connectivity index (χ4v) is 1.76. The summed E-state index contributed by atoms with van der Waals surface area (Å²) in [4.78, 5) is 0. The molecule has 0 bridgehead atoms. The molecule has 58 valence electrons. The van der Waals surface area contributed by atoms with Crippen LogP contribution in [0.3, 0.4) is 0 Å². The predicted molar refractivity (Wildman–Crippen MR) is 45.0 cm³/mol. The maximum absolute atomic E-state index is 3.45. The lowest BCUT2D eigenvalue weighted by molar-refractivity contribution is 0.433. The van der Waals surface area contributed by atoms with E-state index in [4.69, 9.17) is 0 Å². The Hall–Kier alpha value is -0.300. The first-order valence-corrected chi connectivity index (χ1v) is 4.15. The number of hydrogen-bond acceptors (Lipinski definition) is 1. The van der Waals surface area contributed by atoms with Gasteiger partial charge in [-0.25, -0.2) is 0 Å². The first-order valence-electron chi connectivity index (χ1n) is 4.15. The number of allylic oxidation sites excluding steroid dienone is 1. The molecule has 0 aromatic rings. The SMILES string of the molecule is C/C=C1/C(C)CCNC1C. The van der Waals surface area contributed by atoms with Gasteiger partial charge in [0.2, 0.25) is 0 Å². The highest BCUT2D eigenvalue weighted by Gasteiger charge is 2.18. The van der Waals surface area contributed by atoms with Crippen LogP contribution in [-0.4, -0.2) is 12.6 Å². The molecule has 1 N–H and O–H groups in total. The van der Waals surface area contributed by atoms with Crippen molar-refractivity contribution in [1.29, 1.82) is 0 Å². The largest absolute Gasteiger partial charge is 0.310 e. The Labute approximate surface area is 63.5 Å². The molecular weight excluding hydrogens is 122 g/mol.